The van der Waals surface area contributed by atoms with Gasteiger partial charge in [-0.2, -0.15) is 0 Å². The lowest BCUT2D eigenvalue weighted by molar-refractivity contribution is 0.100. The Kier molecular flexibility index (Phi) is 5.22. The predicted octanol–water partition coefficient (Wildman–Crippen LogP) is 2.75. The van der Waals surface area contributed by atoms with Crippen LogP contribution < -0.4 is 16.2 Å². The summed E-state index contributed by atoms with van der Waals surface area (Å²) in [6, 6.07) is 0. The highest BCUT2D eigenvalue weighted by molar-refractivity contribution is 7.25. The van der Waals surface area contributed by atoms with Gasteiger partial charge in [0.2, 0.25) is 0 Å². The lowest BCUT2D eigenvalue weighted by Gasteiger charge is -2.16. The van der Waals surface area contributed by atoms with Gasteiger partial charge >= 0.3 is 0 Å². The fourth-order valence-corrected chi connectivity index (χ4v) is 4.18. The number of pyridine rings is 1. The number of primary amides is 1. The quantitative estimate of drug-likeness (QED) is 0.643. The smallest absolute Gasteiger partial charge is 0.271 e. The van der Waals surface area contributed by atoms with Crippen molar-refractivity contribution in [1.29, 1.82) is 0 Å². The van der Waals surface area contributed by atoms with Crippen LogP contribution in [0.2, 0.25) is 0 Å². The lowest BCUT2D eigenvalue weighted by atomic mass is 10.1. The van der Waals surface area contributed by atoms with Crippen molar-refractivity contribution in [2.75, 3.05) is 19.0 Å². The summed E-state index contributed by atoms with van der Waals surface area (Å²) in [6.45, 7) is 2.82. The molecular weight excluding hydrogens is 350 g/mol. The van der Waals surface area contributed by atoms with Crippen molar-refractivity contribution in [2.24, 2.45) is 5.73 Å². The molecule has 3 aromatic heterocycles. The topological polar surface area (TPSA) is 94.1 Å². The molecular formula is C18H23N5O2S. The molecule has 0 radical (unpaired) electrons. The van der Waals surface area contributed by atoms with Crippen molar-refractivity contribution in [3.05, 3.63) is 28.4 Å². The Morgan fingerprint density at radius 3 is 2.69 bits per heavy atom. The van der Waals surface area contributed by atoms with Gasteiger partial charge in [-0.15, -0.1) is 11.3 Å². The summed E-state index contributed by atoms with van der Waals surface area (Å²) in [7, 11) is 3.67. The standard InChI is InChI=1S/C18H23N5O2S/c1-4-5-6-7-8-23-10-21-13-12-14(22(2)3)11(16(19)24)9-20-17(12)26-15(13)18(23)25/h9-10H,4-8H2,1-3H3,(H2,19,24). The fourth-order valence-electron chi connectivity index (χ4n) is 3.13. The number of hydrogen-bond donors (Lipinski definition) is 1. The van der Waals surface area contributed by atoms with Gasteiger partial charge in [0.25, 0.3) is 11.5 Å². The van der Waals surface area contributed by atoms with Crippen LogP contribution in [0.5, 0.6) is 0 Å². The Hall–Kier alpha value is -2.48. The first kappa shape index (κ1) is 18.3. The molecule has 1 amide bonds. The Morgan fingerprint density at radius 1 is 1.27 bits per heavy atom. The van der Waals surface area contributed by atoms with Gasteiger partial charge in [-0.1, -0.05) is 26.2 Å². The van der Waals surface area contributed by atoms with E-state index in [2.05, 4.69) is 16.9 Å². The van der Waals surface area contributed by atoms with Crippen LogP contribution in [0.15, 0.2) is 17.3 Å². The molecule has 0 spiro atoms. The van der Waals surface area contributed by atoms with E-state index in [0.717, 1.165) is 19.3 Å². The predicted molar refractivity (Wildman–Crippen MR) is 106 cm³/mol. The number of rotatable bonds is 7. The highest BCUT2D eigenvalue weighted by Gasteiger charge is 2.21. The zero-order valence-electron chi connectivity index (χ0n) is 15.3. The van der Waals surface area contributed by atoms with Crippen LogP contribution in [-0.2, 0) is 6.54 Å². The average molecular weight is 373 g/mol. The maximum Gasteiger partial charge on any atom is 0.271 e. The highest BCUT2D eigenvalue weighted by Crippen LogP contribution is 2.37. The second-order valence-electron chi connectivity index (χ2n) is 6.54. The number of aryl methyl sites for hydroxylation is 1. The van der Waals surface area contributed by atoms with Gasteiger partial charge in [0, 0.05) is 26.8 Å². The first-order valence-electron chi connectivity index (χ1n) is 8.73. The van der Waals surface area contributed by atoms with Crippen LogP contribution >= 0.6 is 11.3 Å². The fraction of sp³-hybridized carbons (Fsp3) is 0.444. The minimum Gasteiger partial charge on any atom is -0.376 e. The molecule has 0 bridgehead atoms. The Balaban J connectivity index is 2.17. The summed E-state index contributed by atoms with van der Waals surface area (Å²) in [5.74, 6) is -0.549. The molecule has 0 unspecified atom stereocenters. The molecule has 0 aliphatic heterocycles. The van der Waals surface area contributed by atoms with Gasteiger partial charge in [-0.3, -0.25) is 14.2 Å². The molecule has 2 N–H and O–H groups in total. The van der Waals surface area contributed by atoms with Crippen molar-refractivity contribution in [2.45, 2.75) is 39.2 Å². The maximum absolute atomic E-state index is 12.9. The average Bonchev–Trinajstić information content (AvgIpc) is 2.98. The van der Waals surface area contributed by atoms with Crippen molar-refractivity contribution in [3.63, 3.8) is 0 Å². The number of hydrogen-bond acceptors (Lipinski definition) is 6. The van der Waals surface area contributed by atoms with E-state index in [1.54, 1.807) is 10.9 Å². The van der Waals surface area contributed by atoms with Crippen molar-refractivity contribution in [1.82, 2.24) is 14.5 Å². The molecule has 3 rings (SSSR count). The van der Waals surface area contributed by atoms with Gasteiger partial charge in [0.1, 0.15) is 9.53 Å². The molecule has 0 aliphatic rings. The second-order valence-corrected chi connectivity index (χ2v) is 7.54. The number of amides is 1. The van der Waals surface area contributed by atoms with E-state index in [-0.39, 0.29) is 5.56 Å². The monoisotopic (exact) mass is 373 g/mol. The normalized spacial score (nSPS) is 11.3. The van der Waals surface area contributed by atoms with Gasteiger partial charge in [-0.25, -0.2) is 9.97 Å². The largest absolute Gasteiger partial charge is 0.376 e. The third kappa shape index (κ3) is 3.16. The summed E-state index contributed by atoms with van der Waals surface area (Å²) in [6.07, 6.45) is 7.45. The van der Waals surface area contributed by atoms with Crippen LogP contribution in [0, 0.1) is 0 Å². The van der Waals surface area contributed by atoms with Gasteiger partial charge in [0.15, 0.2) is 0 Å². The summed E-state index contributed by atoms with van der Waals surface area (Å²) < 4.78 is 2.23. The summed E-state index contributed by atoms with van der Waals surface area (Å²) in [4.78, 5) is 36.0. The molecule has 7 nitrogen and oxygen atoms in total. The lowest BCUT2D eigenvalue weighted by Crippen LogP contribution is -2.20. The van der Waals surface area contributed by atoms with Gasteiger partial charge in [0.05, 0.1) is 28.5 Å². The molecule has 26 heavy (non-hydrogen) atoms. The van der Waals surface area contributed by atoms with E-state index in [0.29, 0.717) is 38.2 Å². The molecule has 0 fully saturated rings. The summed E-state index contributed by atoms with van der Waals surface area (Å²) in [5, 5.41) is 0.710. The van der Waals surface area contributed by atoms with E-state index in [1.165, 1.54) is 24.0 Å². The first-order valence-corrected chi connectivity index (χ1v) is 9.55. The molecule has 3 aromatic rings. The Bertz CT molecular complexity index is 1020. The second kappa shape index (κ2) is 7.41. The van der Waals surface area contributed by atoms with Crippen LogP contribution in [0.25, 0.3) is 20.4 Å². The third-order valence-corrected chi connectivity index (χ3v) is 5.49. The number of nitrogens with two attached hydrogens (primary N) is 1. The first-order chi connectivity index (χ1) is 12.5. The number of nitrogens with zero attached hydrogens (tertiary/aromatic N) is 4. The molecule has 8 heteroatoms. The van der Waals surface area contributed by atoms with E-state index in [9.17, 15) is 9.59 Å². The van der Waals surface area contributed by atoms with Gasteiger partial charge < -0.3 is 10.6 Å². The van der Waals surface area contributed by atoms with Crippen LogP contribution in [-0.4, -0.2) is 34.5 Å². The van der Waals surface area contributed by atoms with Crippen LogP contribution in [0.1, 0.15) is 43.0 Å². The van der Waals surface area contributed by atoms with E-state index in [4.69, 9.17) is 5.73 Å². The van der Waals surface area contributed by atoms with Gasteiger partial charge in [-0.05, 0) is 6.42 Å². The summed E-state index contributed by atoms with van der Waals surface area (Å²) in [5.41, 5.74) is 7.01. The number of carbonyl (C=O) groups excluding carboxylic acids is 1. The molecule has 0 aliphatic carbocycles. The zero-order chi connectivity index (χ0) is 18.8. The van der Waals surface area contributed by atoms with E-state index < -0.39 is 5.91 Å². The molecule has 0 aromatic carbocycles. The highest BCUT2D eigenvalue weighted by atomic mass is 32.1. The van der Waals surface area contributed by atoms with E-state index in [1.807, 2.05) is 19.0 Å². The number of aromatic nitrogens is 3. The minimum absolute atomic E-state index is 0.0557. The van der Waals surface area contributed by atoms with E-state index >= 15 is 0 Å². The summed E-state index contributed by atoms with van der Waals surface area (Å²) >= 11 is 1.31. The number of thiophene rings is 1. The maximum atomic E-state index is 12.9. The molecule has 138 valence electrons. The zero-order valence-corrected chi connectivity index (χ0v) is 16.1. The number of carbonyl (C=O) groups is 1. The van der Waals surface area contributed by atoms with Crippen LogP contribution in [0.4, 0.5) is 5.69 Å². The minimum atomic E-state index is -0.549. The third-order valence-electron chi connectivity index (χ3n) is 4.41. The molecule has 0 atom stereocenters. The van der Waals surface area contributed by atoms with Crippen LogP contribution in [0.3, 0.4) is 0 Å². The molecule has 0 saturated carbocycles. The Morgan fingerprint density at radius 2 is 2.04 bits per heavy atom. The van der Waals surface area contributed by atoms with Crippen molar-refractivity contribution in [3.8, 4) is 0 Å². The molecule has 0 saturated heterocycles. The van der Waals surface area contributed by atoms with Crippen molar-refractivity contribution < 1.29 is 4.79 Å². The van der Waals surface area contributed by atoms with Crippen molar-refractivity contribution >= 4 is 43.4 Å². The SMILES string of the molecule is CCCCCCn1cnc2c(sc3ncc(C(N)=O)c(N(C)C)c32)c1=O. The number of anilines is 1. The number of unbranched alkanes of at least 4 members (excludes halogenated alkanes) is 3. The number of fused-ring (bicyclic) bond motifs is 3. The Labute approximate surface area is 155 Å². The molecule has 3 heterocycles.